The van der Waals surface area contributed by atoms with Crippen LogP contribution >= 0.6 is 0 Å². The second kappa shape index (κ2) is 6.11. The predicted octanol–water partition coefficient (Wildman–Crippen LogP) is 2.36. The summed E-state index contributed by atoms with van der Waals surface area (Å²) in [4.78, 5) is 23.0. The first-order valence-electron chi connectivity index (χ1n) is 7.07. The van der Waals surface area contributed by atoms with Gasteiger partial charge in [-0.1, -0.05) is 18.2 Å². The minimum atomic E-state index is -1.38. The maximum atomic E-state index is 14.0. The van der Waals surface area contributed by atoms with Crippen LogP contribution in [-0.2, 0) is 6.42 Å². The molecule has 122 valence electrons. The van der Waals surface area contributed by atoms with E-state index in [9.17, 15) is 14.0 Å². The number of carbonyl (C=O) groups is 1. The Balaban J connectivity index is 2.13. The van der Waals surface area contributed by atoms with Crippen LogP contribution in [0, 0.1) is 5.82 Å². The number of carboxylic acids is 1. The summed E-state index contributed by atoms with van der Waals surface area (Å²) in [5, 5.41) is 16.7. The third-order valence-electron chi connectivity index (χ3n) is 3.70. The number of ether oxygens (including phenoxy) is 1. The van der Waals surface area contributed by atoms with Gasteiger partial charge in [-0.15, -0.1) is 0 Å². The van der Waals surface area contributed by atoms with E-state index in [-0.39, 0.29) is 17.7 Å². The number of halogens is 1. The van der Waals surface area contributed by atoms with E-state index in [1.165, 1.54) is 19.2 Å². The van der Waals surface area contributed by atoms with Crippen molar-refractivity contribution in [1.29, 1.82) is 0 Å². The summed E-state index contributed by atoms with van der Waals surface area (Å²) in [7, 11) is 1.27. The van der Waals surface area contributed by atoms with Gasteiger partial charge < -0.3 is 9.84 Å². The standard InChI is InChI=1S/C17H13FN2O4/c1-24-14-8-9(6-12(15(14)18)17(22)23)7-13-10-4-2-3-5-11(10)16(21)20-19-13/h2-6,8H,7H2,1H3,(H,20,21)(H,22,23). The highest BCUT2D eigenvalue weighted by Crippen LogP contribution is 2.25. The summed E-state index contributed by atoms with van der Waals surface area (Å²) in [6.07, 6.45) is 0.216. The monoisotopic (exact) mass is 328 g/mol. The topological polar surface area (TPSA) is 92.3 Å². The summed E-state index contributed by atoms with van der Waals surface area (Å²) < 4.78 is 18.9. The van der Waals surface area contributed by atoms with E-state index in [1.54, 1.807) is 24.3 Å². The number of fused-ring (bicyclic) bond motifs is 1. The van der Waals surface area contributed by atoms with Crippen molar-refractivity contribution in [2.45, 2.75) is 6.42 Å². The molecule has 0 aliphatic carbocycles. The van der Waals surface area contributed by atoms with Gasteiger partial charge in [0.15, 0.2) is 11.6 Å². The largest absolute Gasteiger partial charge is 0.494 e. The molecule has 3 aromatic rings. The first-order chi connectivity index (χ1) is 11.5. The van der Waals surface area contributed by atoms with Crippen LogP contribution in [0.25, 0.3) is 10.8 Å². The van der Waals surface area contributed by atoms with Gasteiger partial charge in [-0.25, -0.2) is 14.3 Å². The maximum Gasteiger partial charge on any atom is 0.338 e. The van der Waals surface area contributed by atoms with Gasteiger partial charge in [-0.2, -0.15) is 5.10 Å². The van der Waals surface area contributed by atoms with Gasteiger partial charge in [-0.05, 0) is 23.8 Å². The molecular weight excluding hydrogens is 315 g/mol. The van der Waals surface area contributed by atoms with Crippen LogP contribution in [0.1, 0.15) is 21.6 Å². The number of carboxylic acid groups (broad SMARTS) is 1. The van der Waals surface area contributed by atoms with Crippen molar-refractivity contribution in [3.63, 3.8) is 0 Å². The number of benzene rings is 2. The zero-order valence-electron chi connectivity index (χ0n) is 12.7. The molecule has 2 aromatic carbocycles. The number of hydrogen-bond donors (Lipinski definition) is 2. The van der Waals surface area contributed by atoms with Crippen molar-refractivity contribution in [1.82, 2.24) is 10.2 Å². The Morgan fingerprint density at radius 2 is 2.00 bits per heavy atom. The molecule has 6 nitrogen and oxygen atoms in total. The second-order valence-corrected chi connectivity index (χ2v) is 5.19. The zero-order valence-corrected chi connectivity index (χ0v) is 12.7. The van der Waals surface area contributed by atoms with Gasteiger partial charge in [0.2, 0.25) is 0 Å². The summed E-state index contributed by atoms with van der Waals surface area (Å²) in [5.74, 6) is -2.46. The number of nitrogens with zero attached hydrogens (tertiary/aromatic N) is 1. The molecule has 1 aromatic heterocycles. The van der Waals surface area contributed by atoms with Crippen molar-refractivity contribution in [3.8, 4) is 5.75 Å². The Morgan fingerprint density at radius 1 is 1.29 bits per heavy atom. The van der Waals surface area contributed by atoms with Crippen LogP contribution in [0.3, 0.4) is 0 Å². The summed E-state index contributed by atoms with van der Waals surface area (Å²) in [6, 6.07) is 9.61. The van der Waals surface area contributed by atoms with Crippen molar-refractivity contribution in [3.05, 3.63) is 69.4 Å². The predicted molar refractivity (Wildman–Crippen MR) is 85.1 cm³/mol. The molecule has 7 heteroatoms. The van der Waals surface area contributed by atoms with Gasteiger partial charge in [0.05, 0.1) is 23.8 Å². The number of H-pyrrole nitrogens is 1. The molecule has 0 saturated heterocycles. The lowest BCUT2D eigenvalue weighted by molar-refractivity contribution is 0.0691. The number of aromatic carboxylic acids is 1. The van der Waals surface area contributed by atoms with Crippen LogP contribution in [0.4, 0.5) is 4.39 Å². The van der Waals surface area contributed by atoms with Crippen molar-refractivity contribution in [2.24, 2.45) is 0 Å². The molecule has 0 atom stereocenters. The Labute approximate surface area is 135 Å². The molecule has 2 N–H and O–H groups in total. The first-order valence-corrected chi connectivity index (χ1v) is 7.07. The Bertz CT molecular complexity index is 998. The normalized spacial score (nSPS) is 10.8. The molecule has 0 amide bonds. The molecule has 0 spiro atoms. The highest BCUT2D eigenvalue weighted by Gasteiger charge is 2.18. The molecule has 0 bridgehead atoms. The van der Waals surface area contributed by atoms with Gasteiger partial charge in [0.25, 0.3) is 5.56 Å². The Morgan fingerprint density at radius 3 is 2.67 bits per heavy atom. The molecule has 0 radical (unpaired) electrons. The fourth-order valence-corrected chi connectivity index (χ4v) is 2.56. The van der Waals surface area contributed by atoms with Crippen molar-refractivity contribution >= 4 is 16.7 Å². The third kappa shape index (κ3) is 2.71. The van der Waals surface area contributed by atoms with Crippen LogP contribution < -0.4 is 10.3 Å². The van der Waals surface area contributed by atoms with E-state index in [1.807, 2.05) is 0 Å². The van der Waals surface area contributed by atoms with E-state index in [0.29, 0.717) is 22.0 Å². The van der Waals surface area contributed by atoms with E-state index in [4.69, 9.17) is 9.84 Å². The highest BCUT2D eigenvalue weighted by molar-refractivity contribution is 5.89. The quantitative estimate of drug-likeness (QED) is 0.767. The van der Waals surface area contributed by atoms with Gasteiger partial charge >= 0.3 is 5.97 Å². The Hall–Kier alpha value is -3.22. The minimum Gasteiger partial charge on any atom is -0.494 e. The van der Waals surface area contributed by atoms with Gasteiger partial charge in [0.1, 0.15) is 0 Å². The molecule has 0 aliphatic rings. The van der Waals surface area contributed by atoms with Crippen LogP contribution in [0.2, 0.25) is 0 Å². The average molecular weight is 328 g/mol. The lowest BCUT2D eigenvalue weighted by Gasteiger charge is -2.10. The Kier molecular flexibility index (Phi) is 3.99. The van der Waals surface area contributed by atoms with Crippen LogP contribution in [-0.4, -0.2) is 28.4 Å². The third-order valence-corrected chi connectivity index (χ3v) is 3.70. The van der Waals surface area contributed by atoms with E-state index < -0.39 is 17.3 Å². The van der Waals surface area contributed by atoms with Crippen molar-refractivity contribution < 1.29 is 19.0 Å². The molecule has 0 aliphatic heterocycles. The van der Waals surface area contributed by atoms with Gasteiger partial charge in [-0.3, -0.25) is 4.79 Å². The molecule has 24 heavy (non-hydrogen) atoms. The number of methoxy groups -OCH3 is 1. The molecular formula is C17H13FN2O4. The van der Waals surface area contributed by atoms with Crippen LogP contribution in [0.15, 0.2) is 41.2 Å². The van der Waals surface area contributed by atoms with E-state index in [0.717, 1.165) is 0 Å². The first kappa shape index (κ1) is 15.7. The number of aromatic amines is 1. The number of nitrogens with one attached hydrogen (secondary N) is 1. The lowest BCUT2D eigenvalue weighted by Crippen LogP contribution is -2.11. The smallest absolute Gasteiger partial charge is 0.338 e. The molecule has 0 unspecified atom stereocenters. The molecule has 0 fully saturated rings. The summed E-state index contributed by atoms with van der Waals surface area (Å²) in [6.45, 7) is 0. The van der Waals surface area contributed by atoms with E-state index >= 15 is 0 Å². The molecule has 0 saturated carbocycles. The van der Waals surface area contributed by atoms with Gasteiger partial charge in [0, 0.05) is 11.8 Å². The summed E-state index contributed by atoms with van der Waals surface area (Å²) in [5.41, 5.74) is 0.279. The van der Waals surface area contributed by atoms with Crippen LogP contribution in [0.5, 0.6) is 5.75 Å². The fraction of sp³-hybridized carbons (Fsp3) is 0.118. The van der Waals surface area contributed by atoms with Crippen molar-refractivity contribution in [2.75, 3.05) is 7.11 Å². The molecule has 3 rings (SSSR count). The minimum absolute atomic E-state index is 0.154. The number of rotatable bonds is 4. The zero-order chi connectivity index (χ0) is 17.3. The fourth-order valence-electron chi connectivity index (χ4n) is 2.56. The lowest BCUT2D eigenvalue weighted by atomic mass is 10.0. The number of aromatic nitrogens is 2. The molecule has 1 heterocycles. The number of hydrogen-bond acceptors (Lipinski definition) is 4. The van der Waals surface area contributed by atoms with E-state index in [2.05, 4.69) is 10.2 Å². The SMILES string of the molecule is COc1cc(Cc2n[nH]c(=O)c3ccccc23)cc(C(=O)O)c1F. The maximum absolute atomic E-state index is 14.0. The summed E-state index contributed by atoms with van der Waals surface area (Å²) >= 11 is 0. The second-order valence-electron chi connectivity index (χ2n) is 5.19. The average Bonchev–Trinajstić information content (AvgIpc) is 2.58. The highest BCUT2D eigenvalue weighted by atomic mass is 19.1.